The molecule has 1 aromatic heterocycles. The first-order valence-corrected chi connectivity index (χ1v) is 6.07. The summed E-state index contributed by atoms with van der Waals surface area (Å²) in [6, 6.07) is 1.65. The summed E-state index contributed by atoms with van der Waals surface area (Å²) < 4.78 is 0. The number of carbonyl (C=O) groups is 1. The third-order valence-corrected chi connectivity index (χ3v) is 2.28. The second kappa shape index (κ2) is 7.06. The minimum absolute atomic E-state index is 0.0240. The van der Waals surface area contributed by atoms with E-state index in [1.807, 2.05) is 13.8 Å². The lowest BCUT2D eigenvalue weighted by molar-refractivity contribution is -0.120. The van der Waals surface area contributed by atoms with E-state index < -0.39 is 0 Å². The third-order valence-electron chi connectivity index (χ3n) is 2.09. The Balaban J connectivity index is 2.46. The van der Waals surface area contributed by atoms with Crippen LogP contribution in [0, 0.1) is 0 Å². The van der Waals surface area contributed by atoms with Crippen LogP contribution in [0.15, 0.2) is 6.07 Å². The van der Waals surface area contributed by atoms with Crippen molar-refractivity contribution < 1.29 is 4.79 Å². The molecule has 0 aliphatic rings. The number of hydrogen-bond donors (Lipinski definition) is 2. The first-order valence-electron chi connectivity index (χ1n) is 5.69. The lowest BCUT2D eigenvalue weighted by Crippen LogP contribution is -2.24. The Kier molecular flexibility index (Phi) is 5.69. The Morgan fingerprint density at radius 2 is 2.18 bits per heavy atom. The average Bonchev–Trinajstić information content (AvgIpc) is 2.28. The lowest BCUT2D eigenvalue weighted by Gasteiger charge is -2.07. The van der Waals surface area contributed by atoms with Crippen molar-refractivity contribution in [1.82, 2.24) is 15.3 Å². The van der Waals surface area contributed by atoms with E-state index in [1.54, 1.807) is 6.07 Å². The number of aryl methyl sites for hydroxylation is 1. The summed E-state index contributed by atoms with van der Waals surface area (Å²) in [5, 5.41) is 6.20. The van der Waals surface area contributed by atoms with E-state index in [0.29, 0.717) is 36.3 Å². The molecule has 0 fully saturated rings. The molecule has 0 bridgehead atoms. The molecule has 0 atom stereocenters. The first-order chi connectivity index (χ1) is 8.15. The van der Waals surface area contributed by atoms with Crippen molar-refractivity contribution in [2.75, 3.05) is 18.4 Å². The molecule has 17 heavy (non-hydrogen) atoms. The van der Waals surface area contributed by atoms with E-state index in [1.165, 1.54) is 0 Å². The van der Waals surface area contributed by atoms with E-state index in [-0.39, 0.29) is 5.91 Å². The van der Waals surface area contributed by atoms with Crippen LogP contribution in [0.1, 0.15) is 26.1 Å². The van der Waals surface area contributed by atoms with E-state index in [4.69, 9.17) is 11.6 Å². The van der Waals surface area contributed by atoms with Gasteiger partial charge in [0.05, 0.1) is 0 Å². The SMILES string of the molecule is CCNC(=O)CCNc1cc(Cl)nc(CC)n1. The molecular formula is C11H17ClN4O. The van der Waals surface area contributed by atoms with Crippen LogP contribution in [-0.2, 0) is 11.2 Å². The first kappa shape index (κ1) is 13.7. The Labute approximate surface area is 106 Å². The maximum atomic E-state index is 11.2. The number of rotatable bonds is 6. The van der Waals surface area contributed by atoms with Gasteiger partial charge in [-0.05, 0) is 6.92 Å². The number of anilines is 1. The molecule has 0 aliphatic heterocycles. The van der Waals surface area contributed by atoms with Gasteiger partial charge in [-0.2, -0.15) is 0 Å². The summed E-state index contributed by atoms with van der Waals surface area (Å²) >= 11 is 5.85. The van der Waals surface area contributed by atoms with Crippen molar-refractivity contribution in [3.8, 4) is 0 Å². The highest BCUT2D eigenvalue weighted by Gasteiger charge is 2.03. The molecule has 1 rings (SSSR count). The molecule has 94 valence electrons. The standard InChI is InChI=1S/C11H17ClN4O/c1-3-9-15-8(12)7-10(16-9)14-6-5-11(17)13-4-2/h7H,3-6H2,1-2H3,(H,13,17)(H,14,15,16). The molecule has 6 heteroatoms. The second-order valence-electron chi connectivity index (χ2n) is 3.48. The largest absolute Gasteiger partial charge is 0.369 e. The molecule has 0 unspecified atom stereocenters. The molecule has 0 radical (unpaired) electrons. The molecule has 0 saturated heterocycles. The summed E-state index contributed by atoms with van der Waals surface area (Å²) in [7, 11) is 0. The number of carbonyl (C=O) groups excluding carboxylic acids is 1. The van der Waals surface area contributed by atoms with Gasteiger partial charge < -0.3 is 10.6 Å². The smallest absolute Gasteiger partial charge is 0.221 e. The zero-order valence-electron chi connectivity index (χ0n) is 10.1. The van der Waals surface area contributed by atoms with Gasteiger partial charge >= 0.3 is 0 Å². The minimum Gasteiger partial charge on any atom is -0.369 e. The minimum atomic E-state index is 0.0240. The zero-order valence-corrected chi connectivity index (χ0v) is 10.8. The number of halogens is 1. The second-order valence-corrected chi connectivity index (χ2v) is 3.86. The van der Waals surface area contributed by atoms with Gasteiger partial charge in [0.25, 0.3) is 0 Å². The highest BCUT2D eigenvalue weighted by molar-refractivity contribution is 6.29. The highest BCUT2D eigenvalue weighted by atomic mass is 35.5. The fraction of sp³-hybridized carbons (Fsp3) is 0.545. The normalized spacial score (nSPS) is 10.1. The molecule has 0 aromatic carbocycles. The van der Waals surface area contributed by atoms with Gasteiger partial charge in [-0.3, -0.25) is 4.79 Å². The van der Waals surface area contributed by atoms with Crippen molar-refractivity contribution in [3.05, 3.63) is 17.0 Å². The highest BCUT2D eigenvalue weighted by Crippen LogP contribution is 2.11. The molecule has 1 amide bonds. The maximum Gasteiger partial charge on any atom is 0.221 e. The Hall–Kier alpha value is -1.36. The fourth-order valence-corrected chi connectivity index (χ4v) is 1.50. The number of hydrogen-bond acceptors (Lipinski definition) is 4. The topological polar surface area (TPSA) is 66.9 Å². The number of aromatic nitrogens is 2. The molecule has 0 aliphatic carbocycles. The average molecular weight is 257 g/mol. The van der Waals surface area contributed by atoms with Gasteiger partial charge in [0, 0.05) is 32.0 Å². The predicted octanol–water partition coefficient (Wildman–Crippen LogP) is 1.63. The maximum absolute atomic E-state index is 11.2. The van der Waals surface area contributed by atoms with Crippen LogP contribution in [-0.4, -0.2) is 29.0 Å². The van der Waals surface area contributed by atoms with Crippen LogP contribution in [0.5, 0.6) is 0 Å². The van der Waals surface area contributed by atoms with Crippen LogP contribution in [0.4, 0.5) is 5.82 Å². The Bertz CT molecular complexity index is 384. The van der Waals surface area contributed by atoms with Gasteiger partial charge in [-0.25, -0.2) is 9.97 Å². The molecule has 1 aromatic rings. The molecule has 5 nitrogen and oxygen atoms in total. The Morgan fingerprint density at radius 3 is 2.82 bits per heavy atom. The molecule has 0 saturated carbocycles. The number of nitrogens with one attached hydrogen (secondary N) is 2. The summed E-state index contributed by atoms with van der Waals surface area (Å²) in [5.74, 6) is 1.38. The van der Waals surface area contributed by atoms with E-state index in [0.717, 1.165) is 6.42 Å². The van der Waals surface area contributed by atoms with Gasteiger partial charge in [-0.1, -0.05) is 18.5 Å². The fourth-order valence-electron chi connectivity index (χ4n) is 1.30. The molecule has 1 heterocycles. The van der Waals surface area contributed by atoms with Crippen LogP contribution in [0.2, 0.25) is 5.15 Å². The van der Waals surface area contributed by atoms with Gasteiger partial charge in [-0.15, -0.1) is 0 Å². The zero-order chi connectivity index (χ0) is 12.7. The van der Waals surface area contributed by atoms with Gasteiger partial charge in [0.15, 0.2) is 0 Å². The van der Waals surface area contributed by atoms with E-state index in [9.17, 15) is 4.79 Å². The molecule has 0 spiro atoms. The predicted molar refractivity (Wildman–Crippen MR) is 68.2 cm³/mol. The summed E-state index contributed by atoms with van der Waals surface area (Å²) in [6.45, 7) is 5.04. The molecular weight excluding hydrogens is 240 g/mol. The summed E-state index contributed by atoms with van der Waals surface area (Å²) in [5.41, 5.74) is 0. The summed E-state index contributed by atoms with van der Waals surface area (Å²) in [4.78, 5) is 19.5. The van der Waals surface area contributed by atoms with Crippen molar-refractivity contribution in [2.24, 2.45) is 0 Å². The third kappa shape index (κ3) is 4.99. The van der Waals surface area contributed by atoms with Crippen molar-refractivity contribution >= 4 is 23.3 Å². The van der Waals surface area contributed by atoms with E-state index >= 15 is 0 Å². The lowest BCUT2D eigenvalue weighted by atomic mass is 10.4. The number of nitrogens with zero attached hydrogens (tertiary/aromatic N) is 2. The van der Waals surface area contributed by atoms with Gasteiger partial charge in [0.1, 0.15) is 16.8 Å². The summed E-state index contributed by atoms with van der Waals surface area (Å²) in [6.07, 6.45) is 1.14. The van der Waals surface area contributed by atoms with Crippen molar-refractivity contribution in [1.29, 1.82) is 0 Å². The van der Waals surface area contributed by atoms with Crippen molar-refractivity contribution in [3.63, 3.8) is 0 Å². The van der Waals surface area contributed by atoms with E-state index in [2.05, 4.69) is 20.6 Å². The monoisotopic (exact) mass is 256 g/mol. The van der Waals surface area contributed by atoms with Gasteiger partial charge in [0.2, 0.25) is 5.91 Å². The van der Waals surface area contributed by atoms with Crippen LogP contribution in [0.25, 0.3) is 0 Å². The number of amides is 1. The van der Waals surface area contributed by atoms with Crippen LogP contribution in [0.3, 0.4) is 0 Å². The quantitative estimate of drug-likeness (QED) is 0.760. The van der Waals surface area contributed by atoms with Crippen LogP contribution >= 0.6 is 11.6 Å². The Morgan fingerprint density at radius 1 is 1.41 bits per heavy atom. The van der Waals surface area contributed by atoms with Crippen molar-refractivity contribution in [2.45, 2.75) is 26.7 Å². The van der Waals surface area contributed by atoms with Crippen LogP contribution < -0.4 is 10.6 Å². The molecule has 2 N–H and O–H groups in total.